The molecule has 0 unspecified atom stereocenters. The summed E-state index contributed by atoms with van der Waals surface area (Å²) in [5.41, 5.74) is 2.84. The average Bonchev–Trinajstić information content (AvgIpc) is 2.90. The van der Waals surface area contributed by atoms with Crippen LogP contribution in [-0.2, 0) is 12.8 Å². The SMILES string of the molecule is CN(c1cccc(C(=O)O)n1)C1Cc2ccccc2C1. The molecule has 0 aliphatic heterocycles. The first-order chi connectivity index (χ1) is 9.65. The molecule has 4 heteroatoms. The molecule has 4 nitrogen and oxygen atoms in total. The van der Waals surface area contributed by atoms with E-state index in [2.05, 4.69) is 34.1 Å². The summed E-state index contributed by atoms with van der Waals surface area (Å²) in [7, 11) is 1.98. The molecule has 0 atom stereocenters. The van der Waals surface area contributed by atoms with Crippen molar-refractivity contribution in [2.24, 2.45) is 0 Å². The Kier molecular flexibility index (Phi) is 3.14. The Morgan fingerprint density at radius 3 is 2.40 bits per heavy atom. The summed E-state index contributed by atoms with van der Waals surface area (Å²) in [6, 6.07) is 13.9. The zero-order valence-electron chi connectivity index (χ0n) is 11.3. The highest BCUT2D eigenvalue weighted by Crippen LogP contribution is 2.27. The van der Waals surface area contributed by atoms with Crippen molar-refractivity contribution in [1.82, 2.24) is 4.98 Å². The van der Waals surface area contributed by atoms with Crippen molar-refractivity contribution in [2.75, 3.05) is 11.9 Å². The first-order valence-electron chi connectivity index (χ1n) is 6.65. The molecular weight excluding hydrogens is 252 g/mol. The topological polar surface area (TPSA) is 53.4 Å². The minimum absolute atomic E-state index is 0.0878. The monoisotopic (exact) mass is 268 g/mol. The molecule has 0 spiro atoms. The number of benzene rings is 1. The first kappa shape index (κ1) is 12.7. The van der Waals surface area contributed by atoms with Crippen LogP contribution in [0.1, 0.15) is 21.6 Å². The standard InChI is InChI=1S/C16H16N2O2/c1-18(15-8-4-7-14(17-15)16(19)20)13-9-11-5-2-3-6-12(11)10-13/h2-8,13H,9-10H2,1H3,(H,19,20). The van der Waals surface area contributed by atoms with Gasteiger partial charge in [0.05, 0.1) is 0 Å². The molecule has 0 amide bonds. The Morgan fingerprint density at radius 1 is 1.15 bits per heavy atom. The van der Waals surface area contributed by atoms with E-state index in [0.29, 0.717) is 11.9 Å². The van der Waals surface area contributed by atoms with Crippen molar-refractivity contribution in [3.8, 4) is 0 Å². The van der Waals surface area contributed by atoms with E-state index in [1.54, 1.807) is 6.07 Å². The molecule has 1 aromatic heterocycles. The number of fused-ring (bicyclic) bond motifs is 1. The summed E-state index contributed by atoms with van der Waals surface area (Å²) >= 11 is 0. The maximum absolute atomic E-state index is 11.0. The molecule has 1 heterocycles. The summed E-state index contributed by atoms with van der Waals surface area (Å²) < 4.78 is 0. The van der Waals surface area contributed by atoms with Gasteiger partial charge < -0.3 is 10.0 Å². The Labute approximate surface area is 117 Å². The Bertz CT molecular complexity index is 629. The molecule has 1 N–H and O–H groups in total. The highest BCUT2D eigenvalue weighted by atomic mass is 16.4. The zero-order chi connectivity index (χ0) is 14.1. The Balaban J connectivity index is 1.82. The summed E-state index contributed by atoms with van der Waals surface area (Å²) in [6.07, 6.45) is 1.96. The highest BCUT2D eigenvalue weighted by Gasteiger charge is 2.25. The molecule has 20 heavy (non-hydrogen) atoms. The third-order valence-corrected chi connectivity index (χ3v) is 3.89. The van der Waals surface area contributed by atoms with Crippen LogP contribution in [0, 0.1) is 0 Å². The lowest BCUT2D eigenvalue weighted by Gasteiger charge is -2.25. The van der Waals surface area contributed by atoms with E-state index in [1.165, 1.54) is 17.2 Å². The van der Waals surface area contributed by atoms with Crippen molar-refractivity contribution in [1.29, 1.82) is 0 Å². The van der Waals surface area contributed by atoms with Gasteiger partial charge in [-0.3, -0.25) is 0 Å². The van der Waals surface area contributed by atoms with E-state index in [1.807, 2.05) is 13.1 Å². The summed E-state index contributed by atoms with van der Waals surface area (Å²) in [5.74, 6) is -0.280. The summed E-state index contributed by atoms with van der Waals surface area (Å²) in [5, 5.41) is 9.02. The van der Waals surface area contributed by atoms with Crippen molar-refractivity contribution in [2.45, 2.75) is 18.9 Å². The van der Waals surface area contributed by atoms with Crippen molar-refractivity contribution >= 4 is 11.8 Å². The molecule has 0 saturated carbocycles. The van der Waals surface area contributed by atoms with E-state index in [-0.39, 0.29) is 5.69 Å². The van der Waals surface area contributed by atoms with E-state index in [9.17, 15) is 4.79 Å². The average molecular weight is 268 g/mol. The smallest absolute Gasteiger partial charge is 0.354 e. The number of anilines is 1. The third kappa shape index (κ3) is 2.25. The molecule has 1 aromatic carbocycles. The van der Waals surface area contributed by atoms with Crippen LogP contribution in [0.3, 0.4) is 0 Å². The van der Waals surface area contributed by atoms with Gasteiger partial charge in [0.1, 0.15) is 5.82 Å². The first-order valence-corrected chi connectivity index (χ1v) is 6.65. The lowest BCUT2D eigenvalue weighted by Crippen LogP contribution is -2.33. The van der Waals surface area contributed by atoms with Crippen LogP contribution in [0.25, 0.3) is 0 Å². The van der Waals surface area contributed by atoms with Crippen LogP contribution in [0.15, 0.2) is 42.5 Å². The van der Waals surface area contributed by atoms with E-state index < -0.39 is 5.97 Å². The Hall–Kier alpha value is -2.36. The number of hydrogen-bond donors (Lipinski definition) is 1. The second kappa shape index (κ2) is 4.96. The van der Waals surface area contributed by atoms with Crippen LogP contribution in [0.2, 0.25) is 0 Å². The molecule has 3 rings (SSSR count). The van der Waals surface area contributed by atoms with Gasteiger partial charge in [0.2, 0.25) is 0 Å². The van der Waals surface area contributed by atoms with Crippen molar-refractivity contribution < 1.29 is 9.90 Å². The maximum Gasteiger partial charge on any atom is 0.354 e. The van der Waals surface area contributed by atoms with Crippen LogP contribution < -0.4 is 4.90 Å². The van der Waals surface area contributed by atoms with Gasteiger partial charge in [-0.2, -0.15) is 0 Å². The highest BCUT2D eigenvalue weighted by molar-refractivity contribution is 5.85. The molecule has 0 bridgehead atoms. The fourth-order valence-corrected chi connectivity index (χ4v) is 2.74. The van der Waals surface area contributed by atoms with Crippen LogP contribution in [-0.4, -0.2) is 29.1 Å². The normalized spacial score (nSPS) is 14.1. The summed E-state index contributed by atoms with van der Waals surface area (Å²) in [4.78, 5) is 17.3. The third-order valence-electron chi connectivity index (χ3n) is 3.89. The number of carboxylic acids is 1. The molecule has 0 fully saturated rings. The quantitative estimate of drug-likeness (QED) is 0.928. The number of carboxylic acid groups (broad SMARTS) is 1. The van der Waals surface area contributed by atoms with Crippen LogP contribution >= 0.6 is 0 Å². The van der Waals surface area contributed by atoms with Gasteiger partial charge in [-0.1, -0.05) is 30.3 Å². The maximum atomic E-state index is 11.0. The number of aromatic nitrogens is 1. The van der Waals surface area contributed by atoms with Gasteiger partial charge in [0.15, 0.2) is 5.69 Å². The number of hydrogen-bond acceptors (Lipinski definition) is 3. The van der Waals surface area contributed by atoms with Crippen molar-refractivity contribution in [3.63, 3.8) is 0 Å². The minimum Gasteiger partial charge on any atom is -0.477 e. The zero-order valence-corrected chi connectivity index (χ0v) is 11.3. The number of carbonyl (C=O) groups is 1. The van der Waals surface area contributed by atoms with E-state index in [0.717, 1.165) is 12.8 Å². The molecule has 102 valence electrons. The van der Waals surface area contributed by atoms with Crippen molar-refractivity contribution in [3.05, 3.63) is 59.3 Å². The lowest BCUT2D eigenvalue weighted by atomic mass is 10.1. The van der Waals surface area contributed by atoms with Gasteiger partial charge in [0, 0.05) is 13.1 Å². The molecule has 0 saturated heterocycles. The molecule has 0 radical (unpaired) electrons. The van der Waals surface area contributed by atoms with Crippen LogP contribution in [0.5, 0.6) is 0 Å². The predicted molar refractivity (Wildman–Crippen MR) is 77.2 cm³/mol. The molecule has 1 aliphatic rings. The number of likely N-dealkylation sites (N-methyl/N-ethyl adjacent to an activating group) is 1. The Morgan fingerprint density at radius 2 is 1.80 bits per heavy atom. The van der Waals surface area contributed by atoms with Gasteiger partial charge in [-0.15, -0.1) is 0 Å². The minimum atomic E-state index is -0.991. The number of nitrogens with zero attached hydrogens (tertiary/aromatic N) is 2. The molecular formula is C16H16N2O2. The second-order valence-electron chi connectivity index (χ2n) is 5.13. The predicted octanol–water partition coefficient (Wildman–Crippen LogP) is 2.38. The fraction of sp³-hybridized carbons (Fsp3) is 0.250. The molecule has 2 aromatic rings. The fourth-order valence-electron chi connectivity index (χ4n) is 2.74. The van der Waals surface area contributed by atoms with E-state index in [4.69, 9.17) is 5.11 Å². The lowest BCUT2D eigenvalue weighted by molar-refractivity contribution is 0.0690. The number of aromatic carboxylic acids is 1. The second-order valence-corrected chi connectivity index (χ2v) is 5.13. The van der Waals surface area contributed by atoms with E-state index >= 15 is 0 Å². The van der Waals surface area contributed by atoms with Gasteiger partial charge in [-0.05, 0) is 36.1 Å². The number of rotatable bonds is 3. The van der Waals surface area contributed by atoms with Gasteiger partial charge >= 0.3 is 5.97 Å². The largest absolute Gasteiger partial charge is 0.477 e. The van der Waals surface area contributed by atoms with Crippen LogP contribution in [0.4, 0.5) is 5.82 Å². The van der Waals surface area contributed by atoms with Gasteiger partial charge in [-0.25, -0.2) is 9.78 Å². The van der Waals surface area contributed by atoms with Gasteiger partial charge in [0.25, 0.3) is 0 Å². The number of pyridine rings is 1. The molecule has 1 aliphatic carbocycles. The summed E-state index contributed by atoms with van der Waals surface area (Å²) in [6.45, 7) is 0.